The standard InChI is InChI=1S/C26H45NO4S/c1-4-32(30,31)27-15-6-5-8-19(2)24-12-13-25-21(9-7-14-26(24,25)3)11-10-20-16-22(28)18-23(29)17-20/h10-11,19,22-25,27-29H,4-9,12-18H2,1-3H3/b21-11-/t19-,22-,23-,24-,25+,26-/m1/s1. The lowest BCUT2D eigenvalue weighted by atomic mass is 9.60. The van der Waals surface area contributed by atoms with Crippen molar-refractivity contribution in [1.29, 1.82) is 0 Å². The number of rotatable bonds is 9. The van der Waals surface area contributed by atoms with Crippen LogP contribution in [0.5, 0.6) is 0 Å². The van der Waals surface area contributed by atoms with Crippen molar-refractivity contribution in [3.63, 3.8) is 0 Å². The van der Waals surface area contributed by atoms with Crippen molar-refractivity contribution in [1.82, 2.24) is 4.72 Å². The number of nitrogens with one attached hydrogen (secondary N) is 1. The van der Waals surface area contributed by atoms with Crippen LogP contribution in [0.15, 0.2) is 23.3 Å². The summed E-state index contributed by atoms with van der Waals surface area (Å²) in [7, 11) is -3.08. The minimum atomic E-state index is -3.08. The van der Waals surface area contributed by atoms with Crippen LogP contribution in [0.1, 0.15) is 91.4 Å². The van der Waals surface area contributed by atoms with Crippen LogP contribution in [0, 0.1) is 23.2 Å². The van der Waals surface area contributed by atoms with Gasteiger partial charge in [0.25, 0.3) is 0 Å². The van der Waals surface area contributed by atoms with E-state index >= 15 is 0 Å². The van der Waals surface area contributed by atoms with Crippen molar-refractivity contribution >= 4 is 10.0 Å². The lowest BCUT2D eigenvalue weighted by molar-refractivity contribution is 0.0609. The molecule has 3 rings (SSSR count). The van der Waals surface area contributed by atoms with Gasteiger partial charge < -0.3 is 10.2 Å². The SMILES string of the molecule is CCS(=O)(=O)NCCCC[C@@H](C)[C@H]1CC[C@H]2/C(=C\C=C3C[C@@H](O)C[C@H](O)C3)CCC[C@]12C. The fourth-order valence-electron chi connectivity index (χ4n) is 6.87. The molecule has 3 fully saturated rings. The highest BCUT2D eigenvalue weighted by Gasteiger charge is 2.50. The number of aliphatic hydroxyl groups excluding tert-OH is 2. The van der Waals surface area contributed by atoms with Crippen molar-refractivity contribution in [3.8, 4) is 0 Å². The zero-order valence-electron chi connectivity index (χ0n) is 20.4. The highest BCUT2D eigenvalue weighted by atomic mass is 32.2. The molecule has 0 aromatic heterocycles. The van der Waals surface area contributed by atoms with Gasteiger partial charge >= 0.3 is 0 Å². The van der Waals surface area contributed by atoms with Gasteiger partial charge in [-0.2, -0.15) is 0 Å². The predicted octanol–water partition coefficient (Wildman–Crippen LogP) is 4.71. The smallest absolute Gasteiger partial charge is 0.211 e. The van der Waals surface area contributed by atoms with Crippen molar-refractivity contribution in [2.75, 3.05) is 12.3 Å². The molecule has 3 N–H and O–H groups in total. The van der Waals surface area contributed by atoms with E-state index in [1.807, 2.05) is 0 Å². The van der Waals surface area contributed by atoms with E-state index in [-0.39, 0.29) is 5.75 Å². The van der Waals surface area contributed by atoms with Gasteiger partial charge in [0.05, 0.1) is 18.0 Å². The summed E-state index contributed by atoms with van der Waals surface area (Å²) in [4.78, 5) is 0. The van der Waals surface area contributed by atoms with E-state index in [1.165, 1.54) is 44.1 Å². The summed E-state index contributed by atoms with van der Waals surface area (Å²) in [5.41, 5.74) is 3.11. The van der Waals surface area contributed by atoms with Gasteiger partial charge in [-0.15, -0.1) is 0 Å². The molecule has 0 aromatic carbocycles. The van der Waals surface area contributed by atoms with Gasteiger partial charge in [-0.25, -0.2) is 13.1 Å². The fraction of sp³-hybridized carbons (Fsp3) is 0.846. The molecule has 3 aliphatic rings. The van der Waals surface area contributed by atoms with E-state index < -0.39 is 22.2 Å². The first-order valence-electron chi connectivity index (χ1n) is 12.9. The molecule has 0 bridgehead atoms. The molecule has 0 spiro atoms. The Kier molecular flexibility index (Phi) is 9.04. The summed E-state index contributed by atoms with van der Waals surface area (Å²) in [5, 5.41) is 20.0. The third kappa shape index (κ3) is 6.46. The van der Waals surface area contributed by atoms with Gasteiger partial charge in [-0.05, 0) is 87.9 Å². The lowest BCUT2D eigenvalue weighted by Gasteiger charge is -2.44. The highest BCUT2D eigenvalue weighted by Crippen LogP contribution is 2.59. The fourth-order valence-corrected chi connectivity index (χ4v) is 7.53. The van der Waals surface area contributed by atoms with Crippen LogP contribution in [-0.2, 0) is 10.0 Å². The largest absolute Gasteiger partial charge is 0.393 e. The second-order valence-electron chi connectivity index (χ2n) is 10.9. The Balaban J connectivity index is 1.56. The van der Waals surface area contributed by atoms with Gasteiger partial charge in [0.1, 0.15) is 0 Å². The van der Waals surface area contributed by atoms with E-state index in [4.69, 9.17) is 0 Å². The Hall–Kier alpha value is -0.690. The Morgan fingerprint density at radius 2 is 1.88 bits per heavy atom. The lowest BCUT2D eigenvalue weighted by Crippen LogP contribution is -2.36. The maximum Gasteiger partial charge on any atom is 0.211 e. The van der Waals surface area contributed by atoms with E-state index in [1.54, 1.807) is 12.5 Å². The topological polar surface area (TPSA) is 86.6 Å². The molecule has 0 aromatic rings. The number of unbranched alkanes of at least 4 members (excludes halogenated alkanes) is 1. The van der Waals surface area contributed by atoms with Crippen molar-refractivity contribution in [2.45, 2.75) is 104 Å². The molecular formula is C26H45NO4S. The van der Waals surface area contributed by atoms with Crippen LogP contribution < -0.4 is 4.72 Å². The van der Waals surface area contributed by atoms with Gasteiger partial charge in [-0.1, -0.05) is 50.0 Å². The molecule has 3 aliphatic carbocycles. The van der Waals surface area contributed by atoms with E-state index in [2.05, 4.69) is 30.7 Å². The first kappa shape index (κ1) is 25.9. The normalized spacial score (nSPS) is 35.7. The molecule has 0 aliphatic heterocycles. The van der Waals surface area contributed by atoms with Crippen LogP contribution in [0.2, 0.25) is 0 Å². The monoisotopic (exact) mass is 467 g/mol. The van der Waals surface area contributed by atoms with Gasteiger partial charge in [-0.3, -0.25) is 0 Å². The molecule has 0 heterocycles. The summed E-state index contributed by atoms with van der Waals surface area (Å²) >= 11 is 0. The second-order valence-corrected chi connectivity index (χ2v) is 13.0. The molecule has 32 heavy (non-hydrogen) atoms. The number of hydrogen-bond donors (Lipinski definition) is 3. The number of fused-ring (bicyclic) bond motifs is 1. The molecule has 0 radical (unpaired) electrons. The molecule has 6 heteroatoms. The molecule has 3 saturated carbocycles. The molecule has 184 valence electrons. The third-order valence-electron chi connectivity index (χ3n) is 8.59. The Bertz CT molecular complexity index is 778. The molecule has 5 nitrogen and oxygen atoms in total. The van der Waals surface area contributed by atoms with Crippen molar-refractivity contribution in [3.05, 3.63) is 23.3 Å². The Morgan fingerprint density at radius 3 is 2.56 bits per heavy atom. The third-order valence-corrected chi connectivity index (χ3v) is 9.99. The first-order chi connectivity index (χ1) is 15.1. The predicted molar refractivity (Wildman–Crippen MR) is 131 cm³/mol. The maximum absolute atomic E-state index is 11.6. The molecule has 0 amide bonds. The Morgan fingerprint density at radius 1 is 1.16 bits per heavy atom. The summed E-state index contributed by atoms with van der Waals surface area (Å²) in [5.74, 6) is 2.19. The van der Waals surface area contributed by atoms with E-state index in [9.17, 15) is 18.6 Å². The second kappa shape index (κ2) is 11.2. The summed E-state index contributed by atoms with van der Waals surface area (Å²) in [6.07, 6.45) is 15.0. The minimum Gasteiger partial charge on any atom is -0.393 e. The number of sulfonamides is 1. The molecule has 0 saturated heterocycles. The number of hydrogen-bond acceptors (Lipinski definition) is 4. The summed E-state index contributed by atoms with van der Waals surface area (Å²) < 4.78 is 25.8. The van der Waals surface area contributed by atoms with Gasteiger partial charge in [0.2, 0.25) is 10.0 Å². The van der Waals surface area contributed by atoms with E-state index in [0.29, 0.717) is 43.1 Å². The average molecular weight is 468 g/mol. The van der Waals surface area contributed by atoms with Gasteiger partial charge in [0.15, 0.2) is 0 Å². The van der Waals surface area contributed by atoms with Crippen molar-refractivity contribution in [2.24, 2.45) is 23.2 Å². The summed E-state index contributed by atoms with van der Waals surface area (Å²) in [6, 6.07) is 0. The van der Waals surface area contributed by atoms with Gasteiger partial charge in [0, 0.05) is 6.54 Å². The van der Waals surface area contributed by atoms with E-state index in [0.717, 1.165) is 18.8 Å². The van der Waals surface area contributed by atoms with Crippen molar-refractivity contribution < 1.29 is 18.6 Å². The molecule has 6 atom stereocenters. The van der Waals surface area contributed by atoms with Crippen LogP contribution in [0.3, 0.4) is 0 Å². The first-order valence-corrected chi connectivity index (χ1v) is 14.5. The van der Waals surface area contributed by atoms with Crippen LogP contribution in [0.25, 0.3) is 0 Å². The Labute approximate surface area is 195 Å². The molecular weight excluding hydrogens is 422 g/mol. The maximum atomic E-state index is 11.6. The number of aliphatic hydroxyl groups is 2. The van der Waals surface area contributed by atoms with Crippen LogP contribution in [0.4, 0.5) is 0 Å². The van der Waals surface area contributed by atoms with Crippen LogP contribution in [-0.4, -0.2) is 43.1 Å². The summed E-state index contributed by atoms with van der Waals surface area (Å²) in [6.45, 7) is 7.14. The number of allylic oxidation sites excluding steroid dienone is 3. The highest BCUT2D eigenvalue weighted by molar-refractivity contribution is 7.89. The molecule has 0 unspecified atom stereocenters. The zero-order valence-corrected chi connectivity index (χ0v) is 21.2. The average Bonchev–Trinajstić information content (AvgIpc) is 3.08. The van der Waals surface area contributed by atoms with Crippen LogP contribution >= 0.6 is 0 Å². The quantitative estimate of drug-likeness (QED) is 0.429. The zero-order chi connectivity index (χ0) is 23.4. The minimum absolute atomic E-state index is 0.152.